The predicted octanol–water partition coefficient (Wildman–Crippen LogP) is 16.2. The molecule has 0 unspecified atom stereocenters. The molecule has 2 nitrogen and oxygen atoms in total. The van der Waals surface area contributed by atoms with Gasteiger partial charge >= 0.3 is 6.85 Å². The van der Waals surface area contributed by atoms with E-state index in [0.717, 1.165) is 35.5 Å². The van der Waals surface area contributed by atoms with Gasteiger partial charge < -0.3 is 9.38 Å². The molecule has 3 aliphatic heterocycles. The Kier molecular flexibility index (Phi) is 7.70. The highest BCUT2D eigenvalue weighted by Gasteiger charge is 2.57. The largest absolute Gasteiger partial charge is 0.375 e. The van der Waals surface area contributed by atoms with Crippen LogP contribution in [0, 0.1) is 35.5 Å². The molecule has 1 aromatic heterocycles. The second-order valence-electron chi connectivity index (χ2n) is 27.2. The van der Waals surface area contributed by atoms with E-state index >= 15 is 0 Å². The third-order valence-electron chi connectivity index (χ3n) is 23.1. The lowest BCUT2D eigenvalue weighted by Crippen LogP contribution is -2.59. The van der Waals surface area contributed by atoms with Crippen molar-refractivity contribution >= 4 is 56.6 Å². The fraction of sp³-hybridized carbons (Fsp3) is 0.333. The summed E-state index contributed by atoms with van der Waals surface area (Å²) in [5.74, 6) is 5.37. The molecule has 8 aromatic carbocycles. The van der Waals surface area contributed by atoms with Crippen LogP contribution in [-0.2, 0) is 21.7 Å². The van der Waals surface area contributed by atoms with Crippen LogP contribution in [0.2, 0.25) is 0 Å². The molecule has 12 aliphatic rings. The molecule has 21 rings (SSSR count). The second-order valence-corrected chi connectivity index (χ2v) is 27.2. The maximum atomic E-state index is 2.93. The predicted molar refractivity (Wildman–Crippen MR) is 309 cm³/mol. The summed E-state index contributed by atoms with van der Waals surface area (Å²) >= 11 is 0. The van der Waals surface area contributed by atoms with E-state index in [9.17, 15) is 0 Å². The molecule has 0 amide bonds. The molecule has 0 radical (unpaired) electrons. The first-order valence-electron chi connectivity index (χ1n) is 29.4. The normalized spacial score (nSPS) is 29.4. The van der Waals surface area contributed by atoms with Gasteiger partial charge in [0.2, 0.25) is 0 Å². The molecule has 9 aromatic rings. The summed E-state index contributed by atoms with van der Waals surface area (Å²) in [5.41, 5.74) is 27.0. The van der Waals surface area contributed by atoms with Gasteiger partial charge in [0.25, 0.3) is 0 Å². The molecule has 75 heavy (non-hydrogen) atoms. The van der Waals surface area contributed by atoms with Gasteiger partial charge in [-0.25, -0.2) is 0 Å². The summed E-state index contributed by atoms with van der Waals surface area (Å²) in [6.07, 6.45) is 17.1. The maximum Gasteiger partial charge on any atom is 0.333 e. The molecule has 3 heteroatoms. The molecule has 0 N–H and O–H groups in total. The molecule has 9 aliphatic carbocycles. The van der Waals surface area contributed by atoms with Crippen molar-refractivity contribution < 1.29 is 0 Å². The fourth-order valence-electron chi connectivity index (χ4n) is 21.3. The van der Waals surface area contributed by atoms with Gasteiger partial charge in [-0.2, -0.15) is 0 Å². The molecule has 364 valence electrons. The van der Waals surface area contributed by atoms with Gasteiger partial charge in [0, 0.05) is 44.2 Å². The number of anilines is 3. The lowest BCUT2D eigenvalue weighted by Gasteiger charge is -2.57. The number of hydrogen-bond donors (Lipinski definition) is 0. The zero-order valence-corrected chi connectivity index (χ0v) is 43.5. The van der Waals surface area contributed by atoms with Crippen molar-refractivity contribution in [1.29, 1.82) is 0 Å². The first kappa shape index (κ1) is 41.6. The number of para-hydroxylation sites is 2. The van der Waals surface area contributed by atoms with Crippen LogP contribution in [0.15, 0.2) is 164 Å². The number of rotatable bonds is 4. The first-order valence-corrected chi connectivity index (χ1v) is 29.4. The van der Waals surface area contributed by atoms with Gasteiger partial charge in [-0.3, -0.25) is 0 Å². The average Bonchev–Trinajstić information content (AvgIpc) is 4.01. The van der Waals surface area contributed by atoms with E-state index in [2.05, 4.69) is 187 Å². The molecule has 8 fully saturated rings. The molecule has 4 heterocycles. The van der Waals surface area contributed by atoms with Crippen molar-refractivity contribution in [1.82, 2.24) is 4.48 Å². The van der Waals surface area contributed by atoms with Gasteiger partial charge in [0.05, 0.1) is 11.1 Å². The topological polar surface area (TPSA) is 8.17 Å². The molecule has 8 bridgehead atoms. The Morgan fingerprint density at radius 3 is 1.64 bits per heavy atom. The lowest BCUT2D eigenvalue weighted by molar-refractivity contribution is -0.00527. The molecular weight excluding hydrogens is 904 g/mol. The van der Waals surface area contributed by atoms with Crippen molar-refractivity contribution in [2.75, 3.05) is 4.90 Å². The highest BCUT2D eigenvalue weighted by atomic mass is 15.2. The van der Waals surface area contributed by atoms with Gasteiger partial charge in [-0.05, 0) is 232 Å². The van der Waals surface area contributed by atoms with Crippen molar-refractivity contribution in [3.63, 3.8) is 0 Å². The Hall–Kier alpha value is -6.58. The van der Waals surface area contributed by atoms with E-state index < -0.39 is 5.41 Å². The van der Waals surface area contributed by atoms with Crippen LogP contribution >= 0.6 is 0 Å². The minimum atomic E-state index is -0.558. The zero-order chi connectivity index (χ0) is 48.9. The summed E-state index contributed by atoms with van der Waals surface area (Å²) in [6.45, 7) is 5.04. The zero-order valence-electron chi connectivity index (χ0n) is 43.5. The van der Waals surface area contributed by atoms with Crippen LogP contribution in [0.3, 0.4) is 0 Å². The van der Waals surface area contributed by atoms with Crippen LogP contribution in [0.25, 0.3) is 44.1 Å². The Morgan fingerprint density at radius 1 is 0.427 bits per heavy atom. The van der Waals surface area contributed by atoms with Crippen molar-refractivity contribution in [3.8, 4) is 22.3 Å². The van der Waals surface area contributed by atoms with Crippen LogP contribution in [0.4, 0.5) is 17.1 Å². The Labute approximate surface area is 442 Å². The van der Waals surface area contributed by atoms with E-state index in [-0.39, 0.29) is 17.7 Å². The fourth-order valence-corrected chi connectivity index (χ4v) is 21.3. The summed E-state index contributed by atoms with van der Waals surface area (Å²) in [7, 11) is 0. The van der Waals surface area contributed by atoms with Crippen LogP contribution in [-0.4, -0.2) is 11.3 Å². The quantitative estimate of drug-likeness (QED) is 0.160. The lowest BCUT2D eigenvalue weighted by atomic mass is 9.43. The van der Waals surface area contributed by atoms with Gasteiger partial charge in [-0.15, -0.1) is 0 Å². The minimum absolute atomic E-state index is 0.0242. The molecule has 8 saturated carbocycles. The van der Waals surface area contributed by atoms with Gasteiger partial charge in [0.1, 0.15) is 0 Å². The van der Waals surface area contributed by atoms with Crippen molar-refractivity contribution in [3.05, 3.63) is 208 Å². The number of aromatic nitrogens is 1. The summed E-state index contributed by atoms with van der Waals surface area (Å²) in [6, 6.07) is 66.0. The third kappa shape index (κ3) is 4.99. The second kappa shape index (κ2) is 13.9. The van der Waals surface area contributed by atoms with Crippen LogP contribution in [0.1, 0.15) is 135 Å². The smallest absolute Gasteiger partial charge is 0.333 e. The minimum Gasteiger partial charge on any atom is -0.375 e. The molecule has 0 spiro atoms. The average molecular weight is 967 g/mol. The monoisotopic (exact) mass is 967 g/mol. The van der Waals surface area contributed by atoms with Crippen molar-refractivity contribution in [2.24, 2.45) is 35.5 Å². The number of nitrogens with zero attached hydrogens (tertiary/aromatic N) is 2. The van der Waals surface area contributed by atoms with E-state index in [1.54, 1.807) is 11.1 Å². The van der Waals surface area contributed by atoms with Gasteiger partial charge in [0.15, 0.2) is 0 Å². The number of hydrogen-bond acceptors (Lipinski definition) is 1. The Morgan fingerprint density at radius 2 is 0.987 bits per heavy atom. The standard InChI is InChI=1S/C72H63BN2/c1-69(2)58-19-10-9-18-52(58)54-35-55-57-34-51(71-39-45-29-46(40-71)31-47(30-45)41-71)33-56-53-32-50(70-36-42-26-43(37-70)28-44(27-42)38-70)24-25-62(53)75(66(56)57)73-61-22-13-21-60-67(61)74(68(64(54)69)65(55)73)63-23-12-11-20-59(63)72(60,48-14-5-3-6-15-48)49-16-7-4-8-17-49/h3-25,32-35,42-47H,26-31,36-41H2,1-2H3. The Bertz CT molecular complexity index is 3910. The van der Waals surface area contributed by atoms with E-state index in [1.165, 1.54) is 182 Å². The van der Waals surface area contributed by atoms with E-state index in [1.807, 2.05) is 0 Å². The SMILES string of the molecule is CC1(C)c2ccccc2-c2cc3c4c(c21)N1c2ccccc2C(c2ccccc2)(c2ccccc2)c2cccc(c21)B4n1c2ccc(C45CC6CC(CC(C6)C4)C5)cc2c2cc(C45CC6CC(CC(C6)C4)C5)cc-3c21. The summed E-state index contributed by atoms with van der Waals surface area (Å²) < 4.78 is 2.93. The molecular formula is C72H63BN2. The number of benzene rings is 8. The number of fused-ring (bicyclic) bond motifs is 13. The van der Waals surface area contributed by atoms with Crippen LogP contribution in [0.5, 0.6) is 0 Å². The molecule has 0 atom stereocenters. The van der Waals surface area contributed by atoms with Crippen LogP contribution < -0.4 is 15.8 Å². The van der Waals surface area contributed by atoms with E-state index in [0.29, 0.717) is 5.41 Å². The maximum absolute atomic E-state index is 2.93. The third-order valence-corrected chi connectivity index (χ3v) is 23.1. The van der Waals surface area contributed by atoms with Gasteiger partial charge in [-0.1, -0.05) is 141 Å². The van der Waals surface area contributed by atoms with Crippen molar-refractivity contribution in [2.45, 2.75) is 113 Å². The Balaban J connectivity index is 0.973. The summed E-state index contributed by atoms with van der Waals surface area (Å²) in [4.78, 5) is 2.83. The highest BCUT2D eigenvalue weighted by molar-refractivity contribution is 6.90. The molecule has 0 saturated heterocycles. The summed E-state index contributed by atoms with van der Waals surface area (Å²) in [5, 5.41) is 3.04. The van der Waals surface area contributed by atoms with E-state index in [4.69, 9.17) is 0 Å². The first-order chi connectivity index (χ1) is 36.8. The highest BCUT2D eigenvalue weighted by Crippen LogP contribution is 2.66.